The number of hydrogen-bond acceptors (Lipinski definition) is 4. The van der Waals surface area contributed by atoms with Crippen LogP contribution in [-0.4, -0.2) is 47.9 Å². The van der Waals surface area contributed by atoms with Crippen LogP contribution in [0, 0.1) is 5.92 Å². The summed E-state index contributed by atoms with van der Waals surface area (Å²) in [6.07, 6.45) is 6.54. The second-order valence-electron chi connectivity index (χ2n) is 6.57. The highest BCUT2D eigenvalue weighted by Crippen LogP contribution is 2.29. The van der Waals surface area contributed by atoms with Gasteiger partial charge in [-0.2, -0.15) is 0 Å². The van der Waals surface area contributed by atoms with Crippen LogP contribution in [0.3, 0.4) is 0 Å². The molecule has 6 nitrogen and oxygen atoms in total. The highest BCUT2D eigenvalue weighted by Gasteiger charge is 2.27. The molecule has 0 aliphatic carbocycles. The van der Waals surface area contributed by atoms with Gasteiger partial charge < -0.3 is 15.5 Å². The molecule has 0 bridgehead atoms. The number of rotatable bonds is 3. The van der Waals surface area contributed by atoms with Gasteiger partial charge in [0, 0.05) is 32.4 Å². The molecule has 0 aromatic carbocycles. The lowest BCUT2D eigenvalue weighted by atomic mass is 9.97. The molecule has 24 heavy (non-hydrogen) atoms. The number of likely N-dealkylation sites (tertiary alicyclic amines) is 1. The molecular formula is C17H23ClN4O2. The zero-order valence-electron chi connectivity index (χ0n) is 13.7. The van der Waals surface area contributed by atoms with Gasteiger partial charge in [0.25, 0.3) is 5.91 Å². The Morgan fingerprint density at radius 2 is 1.92 bits per heavy atom. The molecule has 0 radical (unpaired) electrons. The molecule has 3 heterocycles. The third kappa shape index (κ3) is 3.64. The first-order valence-corrected chi connectivity index (χ1v) is 8.93. The number of halogens is 1. The third-order valence-corrected chi connectivity index (χ3v) is 5.11. The molecule has 2 aliphatic heterocycles. The maximum Gasteiger partial charge on any atom is 0.255 e. The number of pyridine rings is 1. The molecule has 2 N–H and O–H groups in total. The Morgan fingerprint density at radius 1 is 1.17 bits per heavy atom. The van der Waals surface area contributed by atoms with Gasteiger partial charge in [-0.1, -0.05) is 11.6 Å². The highest BCUT2D eigenvalue weighted by atomic mass is 35.5. The molecular weight excluding hydrogens is 328 g/mol. The molecule has 3 rings (SSSR count). The van der Waals surface area contributed by atoms with Gasteiger partial charge >= 0.3 is 0 Å². The van der Waals surface area contributed by atoms with Crippen LogP contribution in [0.2, 0.25) is 5.02 Å². The van der Waals surface area contributed by atoms with Gasteiger partial charge in [-0.05, 0) is 38.2 Å². The second kappa shape index (κ2) is 7.38. The Bertz CT molecular complexity index is 631. The number of carbonyl (C=O) groups is 2. The van der Waals surface area contributed by atoms with E-state index in [1.165, 1.54) is 6.42 Å². The molecule has 1 aromatic heterocycles. The standard InChI is InChI=1S/C17H23ClN4O2/c18-14-9-13(17(24)21-6-2-1-3-7-21)10-20-16(14)22-8-4-5-12(11-22)15(19)23/h9-10,12H,1-8,11H2,(H2,19,23). The van der Waals surface area contributed by atoms with E-state index in [1.807, 2.05) is 9.80 Å². The number of carbonyl (C=O) groups excluding carboxylic acids is 2. The van der Waals surface area contributed by atoms with E-state index in [0.717, 1.165) is 45.3 Å². The van der Waals surface area contributed by atoms with Crippen molar-refractivity contribution < 1.29 is 9.59 Å². The quantitative estimate of drug-likeness (QED) is 0.904. The van der Waals surface area contributed by atoms with E-state index in [4.69, 9.17) is 17.3 Å². The average Bonchev–Trinajstić information content (AvgIpc) is 2.62. The fraction of sp³-hybridized carbons (Fsp3) is 0.588. The van der Waals surface area contributed by atoms with Crippen LogP contribution in [0.1, 0.15) is 42.5 Å². The molecule has 1 unspecified atom stereocenters. The van der Waals surface area contributed by atoms with Crippen molar-refractivity contribution in [2.45, 2.75) is 32.1 Å². The Hall–Kier alpha value is -1.82. The number of piperidine rings is 2. The van der Waals surface area contributed by atoms with E-state index >= 15 is 0 Å². The maximum absolute atomic E-state index is 12.5. The molecule has 130 valence electrons. The van der Waals surface area contributed by atoms with Gasteiger partial charge in [-0.15, -0.1) is 0 Å². The summed E-state index contributed by atoms with van der Waals surface area (Å²) in [6, 6.07) is 1.69. The van der Waals surface area contributed by atoms with Crippen LogP contribution < -0.4 is 10.6 Å². The van der Waals surface area contributed by atoms with Crippen LogP contribution in [0.5, 0.6) is 0 Å². The van der Waals surface area contributed by atoms with Crippen molar-refractivity contribution in [3.8, 4) is 0 Å². The summed E-state index contributed by atoms with van der Waals surface area (Å²) in [7, 11) is 0. The van der Waals surface area contributed by atoms with Crippen molar-refractivity contribution in [3.63, 3.8) is 0 Å². The average molecular weight is 351 g/mol. The molecule has 2 saturated heterocycles. The van der Waals surface area contributed by atoms with E-state index in [2.05, 4.69) is 4.98 Å². The topological polar surface area (TPSA) is 79.5 Å². The van der Waals surface area contributed by atoms with E-state index in [1.54, 1.807) is 12.3 Å². The van der Waals surface area contributed by atoms with Gasteiger partial charge in [0.05, 0.1) is 16.5 Å². The Labute approximate surface area is 147 Å². The predicted octanol–water partition coefficient (Wildman–Crippen LogP) is 2.06. The first kappa shape index (κ1) is 17.0. The number of primary amides is 1. The molecule has 2 amide bonds. The zero-order valence-corrected chi connectivity index (χ0v) is 14.5. The normalized spacial score (nSPS) is 21.6. The van der Waals surface area contributed by atoms with Gasteiger partial charge in [-0.25, -0.2) is 4.98 Å². The van der Waals surface area contributed by atoms with Crippen molar-refractivity contribution >= 4 is 29.2 Å². The summed E-state index contributed by atoms with van der Waals surface area (Å²) in [5.74, 6) is 0.154. The number of amides is 2. The van der Waals surface area contributed by atoms with Crippen LogP contribution in [0.25, 0.3) is 0 Å². The molecule has 0 spiro atoms. The molecule has 2 fully saturated rings. The lowest BCUT2D eigenvalue weighted by Crippen LogP contribution is -2.41. The smallest absolute Gasteiger partial charge is 0.255 e. The summed E-state index contributed by atoms with van der Waals surface area (Å²) in [4.78, 5) is 32.2. The summed E-state index contributed by atoms with van der Waals surface area (Å²) < 4.78 is 0. The van der Waals surface area contributed by atoms with Gasteiger partial charge in [0.1, 0.15) is 5.82 Å². The number of anilines is 1. The Kier molecular flexibility index (Phi) is 5.23. The monoisotopic (exact) mass is 350 g/mol. The van der Waals surface area contributed by atoms with E-state index < -0.39 is 0 Å². The highest BCUT2D eigenvalue weighted by molar-refractivity contribution is 6.33. The first-order chi connectivity index (χ1) is 11.6. The van der Waals surface area contributed by atoms with Crippen molar-refractivity contribution in [2.24, 2.45) is 11.7 Å². The van der Waals surface area contributed by atoms with Crippen molar-refractivity contribution in [2.75, 3.05) is 31.1 Å². The van der Waals surface area contributed by atoms with E-state index in [-0.39, 0.29) is 17.7 Å². The van der Waals surface area contributed by atoms with Crippen LogP contribution in [-0.2, 0) is 4.79 Å². The predicted molar refractivity (Wildman–Crippen MR) is 93.1 cm³/mol. The largest absolute Gasteiger partial charge is 0.369 e. The zero-order chi connectivity index (χ0) is 17.1. The fourth-order valence-electron chi connectivity index (χ4n) is 3.46. The summed E-state index contributed by atoms with van der Waals surface area (Å²) in [6.45, 7) is 2.91. The van der Waals surface area contributed by atoms with E-state index in [9.17, 15) is 9.59 Å². The summed E-state index contributed by atoms with van der Waals surface area (Å²) in [5, 5.41) is 0.447. The SMILES string of the molecule is NC(=O)C1CCCN(c2ncc(C(=O)N3CCCCC3)cc2Cl)C1. The Balaban J connectivity index is 1.74. The number of nitrogens with two attached hydrogens (primary N) is 1. The molecule has 1 aromatic rings. The number of nitrogens with zero attached hydrogens (tertiary/aromatic N) is 3. The lowest BCUT2D eigenvalue weighted by molar-refractivity contribution is -0.122. The fourth-order valence-corrected chi connectivity index (χ4v) is 3.75. The summed E-state index contributed by atoms with van der Waals surface area (Å²) >= 11 is 6.38. The minimum absolute atomic E-state index is 0.00990. The summed E-state index contributed by atoms with van der Waals surface area (Å²) in [5.41, 5.74) is 5.95. The molecule has 7 heteroatoms. The lowest BCUT2D eigenvalue weighted by Gasteiger charge is -2.32. The van der Waals surface area contributed by atoms with E-state index in [0.29, 0.717) is 22.9 Å². The van der Waals surface area contributed by atoms with Crippen LogP contribution >= 0.6 is 11.6 Å². The number of aromatic nitrogens is 1. The van der Waals surface area contributed by atoms with Crippen LogP contribution in [0.4, 0.5) is 5.82 Å². The van der Waals surface area contributed by atoms with Crippen molar-refractivity contribution in [1.82, 2.24) is 9.88 Å². The molecule has 0 saturated carbocycles. The molecule has 1 atom stereocenters. The van der Waals surface area contributed by atoms with Crippen LogP contribution in [0.15, 0.2) is 12.3 Å². The van der Waals surface area contributed by atoms with Gasteiger partial charge in [0.15, 0.2) is 0 Å². The Morgan fingerprint density at radius 3 is 2.58 bits per heavy atom. The van der Waals surface area contributed by atoms with Gasteiger partial charge in [0.2, 0.25) is 5.91 Å². The second-order valence-corrected chi connectivity index (χ2v) is 6.98. The first-order valence-electron chi connectivity index (χ1n) is 8.55. The maximum atomic E-state index is 12.5. The minimum atomic E-state index is -0.285. The minimum Gasteiger partial charge on any atom is -0.369 e. The van der Waals surface area contributed by atoms with Crippen molar-refractivity contribution in [1.29, 1.82) is 0 Å². The van der Waals surface area contributed by atoms with Crippen molar-refractivity contribution in [3.05, 3.63) is 22.8 Å². The number of hydrogen-bond donors (Lipinski definition) is 1. The molecule has 2 aliphatic rings. The third-order valence-electron chi connectivity index (χ3n) is 4.84. The van der Waals surface area contributed by atoms with Gasteiger partial charge in [-0.3, -0.25) is 9.59 Å².